The second kappa shape index (κ2) is 9.82. The monoisotopic (exact) mass is 396 g/mol. The summed E-state index contributed by atoms with van der Waals surface area (Å²) < 4.78 is 26.1. The Hall–Kier alpha value is -1.97. The number of piperazine rings is 1. The number of hydrogen-bond donors (Lipinski definition) is 1. The average molecular weight is 397 g/mol. The van der Waals surface area contributed by atoms with E-state index in [1.807, 2.05) is 11.8 Å². The van der Waals surface area contributed by atoms with Crippen LogP contribution in [0, 0.1) is 0 Å². The fourth-order valence-corrected chi connectivity index (χ4v) is 3.97. The van der Waals surface area contributed by atoms with Crippen LogP contribution in [0.5, 0.6) is 0 Å². The molecule has 27 heavy (non-hydrogen) atoms. The summed E-state index contributed by atoms with van der Waals surface area (Å²) in [5.74, 6) is -0.239. The predicted octanol–water partition coefficient (Wildman–Crippen LogP) is -0.0225. The Bertz CT molecular complexity index is 731. The van der Waals surface area contributed by atoms with Crippen LogP contribution in [0.4, 0.5) is 0 Å². The highest BCUT2D eigenvalue weighted by Crippen LogP contribution is 2.14. The average Bonchev–Trinajstić information content (AvgIpc) is 2.67. The van der Waals surface area contributed by atoms with E-state index in [0.29, 0.717) is 39.3 Å². The maximum Gasteiger partial charge on any atom is 0.243 e. The maximum absolute atomic E-state index is 12.5. The van der Waals surface area contributed by atoms with Crippen LogP contribution in [0.15, 0.2) is 35.2 Å². The van der Waals surface area contributed by atoms with E-state index in [1.54, 1.807) is 23.1 Å². The molecule has 1 heterocycles. The highest BCUT2D eigenvalue weighted by molar-refractivity contribution is 7.89. The third-order valence-corrected chi connectivity index (χ3v) is 6.29. The second-order valence-corrected chi connectivity index (χ2v) is 8.63. The third-order valence-electron chi connectivity index (χ3n) is 4.47. The summed E-state index contributed by atoms with van der Waals surface area (Å²) in [7, 11) is -2.27. The lowest BCUT2D eigenvalue weighted by Crippen LogP contribution is -2.53. The molecule has 0 atom stereocenters. The fourth-order valence-electron chi connectivity index (χ4n) is 2.83. The lowest BCUT2D eigenvalue weighted by Gasteiger charge is -2.35. The van der Waals surface area contributed by atoms with Crippen molar-refractivity contribution in [3.63, 3.8) is 0 Å². The molecule has 9 heteroatoms. The second-order valence-electron chi connectivity index (χ2n) is 6.58. The van der Waals surface area contributed by atoms with Crippen LogP contribution in [0.1, 0.15) is 13.3 Å². The van der Waals surface area contributed by atoms with Gasteiger partial charge in [0.25, 0.3) is 0 Å². The molecule has 150 valence electrons. The number of hydrogen-bond acceptors (Lipinski definition) is 5. The minimum atomic E-state index is -3.69. The molecule has 0 bridgehead atoms. The van der Waals surface area contributed by atoms with Crippen LogP contribution in [0.3, 0.4) is 0 Å². The minimum absolute atomic E-state index is 0.00897. The fraction of sp³-hybridized carbons (Fsp3) is 0.556. The van der Waals surface area contributed by atoms with Crippen LogP contribution in [-0.2, 0) is 19.6 Å². The summed E-state index contributed by atoms with van der Waals surface area (Å²) >= 11 is 0. The summed E-state index contributed by atoms with van der Waals surface area (Å²) in [6.45, 7) is 4.96. The first kappa shape index (κ1) is 21.3. The number of amides is 2. The predicted molar refractivity (Wildman–Crippen MR) is 103 cm³/mol. The van der Waals surface area contributed by atoms with Gasteiger partial charge in [0.05, 0.1) is 18.0 Å². The highest BCUT2D eigenvalue weighted by Gasteiger charge is 2.27. The van der Waals surface area contributed by atoms with E-state index < -0.39 is 10.0 Å². The summed E-state index contributed by atoms with van der Waals surface area (Å²) in [6.07, 6.45) is 0.896. The summed E-state index contributed by atoms with van der Waals surface area (Å²) in [6, 6.07) is 8.07. The van der Waals surface area contributed by atoms with E-state index in [9.17, 15) is 18.0 Å². The smallest absolute Gasteiger partial charge is 0.243 e. The molecule has 0 aromatic heterocycles. The molecule has 2 rings (SSSR count). The van der Waals surface area contributed by atoms with E-state index in [1.165, 1.54) is 19.2 Å². The lowest BCUT2D eigenvalue weighted by atomic mass is 10.3. The number of sulfonamides is 1. The van der Waals surface area contributed by atoms with Crippen molar-refractivity contribution < 1.29 is 18.0 Å². The molecule has 1 fully saturated rings. The summed E-state index contributed by atoms with van der Waals surface area (Å²) in [4.78, 5) is 28.1. The molecule has 1 aliphatic heterocycles. The number of benzene rings is 1. The third kappa shape index (κ3) is 6.02. The van der Waals surface area contributed by atoms with Gasteiger partial charge in [0.1, 0.15) is 0 Å². The summed E-state index contributed by atoms with van der Waals surface area (Å²) in [5.41, 5.74) is 0. The maximum atomic E-state index is 12.5. The Morgan fingerprint density at radius 1 is 1.11 bits per heavy atom. The van der Waals surface area contributed by atoms with Crippen LogP contribution >= 0.6 is 0 Å². The first-order valence-corrected chi connectivity index (χ1v) is 10.6. The number of likely N-dealkylation sites (N-methyl/N-ethyl adjacent to an activating group) is 1. The number of carbonyl (C=O) groups is 2. The molecule has 1 aromatic rings. The van der Waals surface area contributed by atoms with Gasteiger partial charge in [0.15, 0.2) is 0 Å². The van der Waals surface area contributed by atoms with Gasteiger partial charge in [-0.25, -0.2) is 8.42 Å². The minimum Gasteiger partial charge on any atom is -0.355 e. The molecular formula is C18H28N4O4S. The van der Waals surface area contributed by atoms with Gasteiger partial charge in [0.2, 0.25) is 21.8 Å². The van der Waals surface area contributed by atoms with Gasteiger partial charge >= 0.3 is 0 Å². The Balaban J connectivity index is 1.83. The van der Waals surface area contributed by atoms with E-state index in [0.717, 1.165) is 10.7 Å². The van der Waals surface area contributed by atoms with E-state index >= 15 is 0 Å². The SMILES string of the molecule is CCCNC(=O)CN1CCN(C(=O)CN(C)S(=O)(=O)c2ccccc2)CC1. The Morgan fingerprint density at radius 3 is 2.33 bits per heavy atom. The van der Waals surface area contributed by atoms with Gasteiger partial charge in [-0.2, -0.15) is 4.31 Å². The topological polar surface area (TPSA) is 90.0 Å². The normalized spacial score (nSPS) is 15.7. The number of nitrogens with one attached hydrogen (secondary N) is 1. The molecule has 0 radical (unpaired) electrons. The molecule has 1 saturated heterocycles. The van der Waals surface area contributed by atoms with E-state index in [4.69, 9.17) is 0 Å². The van der Waals surface area contributed by atoms with Gasteiger partial charge in [-0.1, -0.05) is 25.1 Å². The largest absolute Gasteiger partial charge is 0.355 e. The zero-order chi connectivity index (χ0) is 19.9. The molecule has 0 saturated carbocycles. The first-order valence-electron chi connectivity index (χ1n) is 9.12. The zero-order valence-electron chi connectivity index (χ0n) is 15.9. The standard InChI is InChI=1S/C18H28N4O4S/c1-3-9-19-17(23)14-21-10-12-22(13-11-21)18(24)15-20(2)27(25,26)16-7-5-4-6-8-16/h4-8H,3,9-15H2,1-2H3,(H,19,23). The van der Waals surface area contributed by atoms with Gasteiger partial charge in [-0.15, -0.1) is 0 Å². The van der Waals surface area contributed by atoms with Gasteiger partial charge < -0.3 is 10.2 Å². The van der Waals surface area contributed by atoms with Crippen molar-refractivity contribution in [1.29, 1.82) is 0 Å². The molecule has 2 amide bonds. The van der Waals surface area contributed by atoms with Crippen LogP contribution < -0.4 is 5.32 Å². The Labute approximate surface area is 161 Å². The highest BCUT2D eigenvalue weighted by atomic mass is 32.2. The Kier molecular flexibility index (Phi) is 7.76. The van der Waals surface area contributed by atoms with Gasteiger partial charge in [-0.05, 0) is 18.6 Å². The van der Waals surface area contributed by atoms with Crippen molar-refractivity contribution >= 4 is 21.8 Å². The van der Waals surface area contributed by atoms with Gasteiger partial charge in [0, 0.05) is 39.8 Å². The van der Waals surface area contributed by atoms with Crippen LogP contribution in [0.25, 0.3) is 0 Å². The summed E-state index contributed by atoms with van der Waals surface area (Å²) in [5, 5.41) is 2.84. The van der Waals surface area contributed by atoms with Crippen molar-refractivity contribution in [2.45, 2.75) is 18.2 Å². The van der Waals surface area contributed by atoms with Crippen molar-refractivity contribution in [3.8, 4) is 0 Å². The van der Waals surface area contributed by atoms with Crippen LogP contribution in [0.2, 0.25) is 0 Å². The zero-order valence-corrected chi connectivity index (χ0v) is 16.7. The van der Waals surface area contributed by atoms with Crippen molar-refractivity contribution in [2.75, 3.05) is 52.9 Å². The number of nitrogens with zero attached hydrogens (tertiary/aromatic N) is 3. The van der Waals surface area contributed by atoms with Crippen LogP contribution in [-0.4, -0.2) is 87.2 Å². The van der Waals surface area contributed by atoms with E-state index in [2.05, 4.69) is 5.32 Å². The lowest BCUT2D eigenvalue weighted by molar-refractivity contribution is -0.133. The molecule has 1 aromatic carbocycles. The van der Waals surface area contributed by atoms with Gasteiger partial charge in [-0.3, -0.25) is 14.5 Å². The number of carbonyl (C=O) groups excluding carboxylic acids is 2. The molecule has 0 aliphatic carbocycles. The molecule has 1 aliphatic rings. The van der Waals surface area contributed by atoms with Crippen molar-refractivity contribution in [3.05, 3.63) is 30.3 Å². The quantitative estimate of drug-likeness (QED) is 0.667. The van der Waals surface area contributed by atoms with Crippen molar-refractivity contribution in [1.82, 2.24) is 19.4 Å². The first-order chi connectivity index (χ1) is 12.8. The molecule has 0 unspecified atom stereocenters. The number of rotatable bonds is 8. The molecule has 8 nitrogen and oxygen atoms in total. The van der Waals surface area contributed by atoms with E-state index in [-0.39, 0.29) is 23.3 Å². The molecular weight excluding hydrogens is 368 g/mol. The molecule has 1 N–H and O–H groups in total. The molecule has 0 spiro atoms. The van der Waals surface area contributed by atoms with Crippen molar-refractivity contribution in [2.24, 2.45) is 0 Å². The Morgan fingerprint density at radius 2 is 1.74 bits per heavy atom.